The molecule has 2 N–H and O–H groups in total. The molecule has 0 fully saturated rings. The molecule has 2 aromatic carbocycles. The smallest absolute Gasteiger partial charge is 0.255 e. The third-order valence-corrected chi connectivity index (χ3v) is 4.91. The van der Waals surface area contributed by atoms with Gasteiger partial charge in [0.05, 0.1) is 37.6 Å². The number of carbonyl (C=O) groups excluding carboxylic acids is 2. The van der Waals surface area contributed by atoms with E-state index in [9.17, 15) is 9.59 Å². The second-order valence-electron chi connectivity index (χ2n) is 7.28. The highest BCUT2D eigenvalue weighted by Crippen LogP contribution is 2.25. The van der Waals surface area contributed by atoms with Crippen molar-refractivity contribution < 1.29 is 14.3 Å². The SMILES string of the molecule is COc1ccc(-c2nn(Cc3ccccc3)cc2C(=O)NCC(=O)Nc2cccnc2)cc1. The van der Waals surface area contributed by atoms with Crippen LogP contribution in [0.4, 0.5) is 5.69 Å². The monoisotopic (exact) mass is 441 g/mol. The zero-order chi connectivity index (χ0) is 23.0. The predicted octanol–water partition coefficient (Wildman–Crippen LogP) is 3.37. The molecular weight excluding hydrogens is 418 g/mol. The van der Waals surface area contributed by atoms with Crippen LogP contribution in [0.5, 0.6) is 5.75 Å². The molecule has 0 aliphatic rings. The molecule has 0 saturated heterocycles. The summed E-state index contributed by atoms with van der Waals surface area (Å²) >= 11 is 0. The molecule has 0 saturated carbocycles. The summed E-state index contributed by atoms with van der Waals surface area (Å²) in [4.78, 5) is 29.2. The van der Waals surface area contributed by atoms with Crippen molar-refractivity contribution in [1.82, 2.24) is 20.1 Å². The lowest BCUT2D eigenvalue weighted by Crippen LogP contribution is -2.33. The maximum absolute atomic E-state index is 13.0. The van der Waals surface area contributed by atoms with E-state index in [0.29, 0.717) is 29.2 Å². The van der Waals surface area contributed by atoms with Crippen LogP contribution in [0.15, 0.2) is 85.3 Å². The Labute approximate surface area is 191 Å². The number of aromatic nitrogens is 3. The topological polar surface area (TPSA) is 98.1 Å². The van der Waals surface area contributed by atoms with Gasteiger partial charge in [0.15, 0.2) is 0 Å². The Hall–Kier alpha value is -4.46. The van der Waals surface area contributed by atoms with Crippen molar-refractivity contribution in [2.75, 3.05) is 19.0 Å². The number of carbonyl (C=O) groups is 2. The number of amides is 2. The van der Waals surface area contributed by atoms with Gasteiger partial charge in [0.2, 0.25) is 5.91 Å². The van der Waals surface area contributed by atoms with Crippen LogP contribution in [-0.4, -0.2) is 40.2 Å². The van der Waals surface area contributed by atoms with Gasteiger partial charge >= 0.3 is 0 Å². The van der Waals surface area contributed by atoms with E-state index in [1.165, 1.54) is 6.20 Å². The number of hydrogen-bond donors (Lipinski definition) is 2. The van der Waals surface area contributed by atoms with Gasteiger partial charge in [-0.2, -0.15) is 5.10 Å². The Morgan fingerprint density at radius 3 is 2.48 bits per heavy atom. The van der Waals surface area contributed by atoms with Crippen LogP contribution in [-0.2, 0) is 11.3 Å². The van der Waals surface area contributed by atoms with Crippen molar-refractivity contribution in [3.05, 3.63) is 96.4 Å². The first-order chi connectivity index (χ1) is 16.1. The van der Waals surface area contributed by atoms with Crippen LogP contribution < -0.4 is 15.4 Å². The number of nitrogens with one attached hydrogen (secondary N) is 2. The predicted molar refractivity (Wildman–Crippen MR) is 125 cm³/mol. The Morgan fingerprint density at radius 1 is 1.00 bits per heavy atom. The van der Waals surface area contributed by atoms with Crippen LogP contribution in [0.25, 0.3) is 11.3 Å². The van der Waals surface area contributed by atoms with Crippen molar-refractivity contribution in [2.24, 2.45) is 0 Å². The molecule has 8 heteroatoms. The summed E-state index contributed by atoms with van der Waals surface area (Å²) in [5.41, 5.74) is 3.30. The van der Waals surface area contributed by atoms with Gasteiger partial charge in [0, 0.05) is 18.0 Å². The van der Waals surface area contributed by atoms with Crippen LogP contribution in [0.2, 0.25) is 0 Å². The lowest BCUT2D eigenvalue weighted by atomic mass is 10.1. The average molecular weight is 441 g/mol. The summed E-state index contributed by atoms with van der Waals surface area (Å²) in [6, 6.07) is 20.6. The number of hydrogen-bond acceptors (Lipinski definition) is 5. The van der Waals surface area contributed by atoms with Crippen molar-refractivity contribution in [1.29, 1.82) is 0 Å². The summed E-state index contributed by atoms with van der Waals surface area (Å²) in [6.45, 7) is 0.332. The first kappa shape index (κ1) is 21.8. The summed E-state index contributed by atoms with van der Waals surface area (Å²) in [6.07, 6.45) is 4.85. The second kappa shape index (κ2) is 10.2. The van der Waals surface area contributed by atoms with Gasteiger partial charge in [-0.15, -0.1) is 0 Å². The molecule has 4 rings (SSSR count). The summed E-state index contributed by atoms with van der Waals surface area (Å²) < 4.78 is 6.95. The lowest BCUT2D eigenvalue weighted by Gasteiger charge is -2.07. The molecule has 2 aromatic heterocycles. The van der Waals surface area contributed by atoms with E-state index >= 15 is 0 Å². The van der Waals surface area contributed by atoms with Crippen molar-refractivity contribution in [2.45, 2.75) is 6.54 Å². The van der Waals surface area contributed by atoms with E-state index in [4.69, 9.17) is 4.74 Å². The molecule has 4 aromatic rings. The standard InChI is InChI=1S/C25H23N5O3/c1-33-21-11-9-19(10-12-21)24-22(17-30(29-24)16-18-6-3-2-4-7-18)25(32)27-15-23(31)28-20-8-5-13-26-14-20/h2-14,17H,15-16H2,1H3,(H,27,32)(H,28,31). The number of pyridine rings is 1. The van der Waals surface area contributed by atoms with Crippen LogP contribution >= 0.6 is 0 Å². The lowest BCUT2D eigenvalue weighted by molar-refractivity contribution is -0.115. The quantitative estimate of drug-likeness (QED) is 0.437. The van der Waals surface area contributed by atoms with Gasteiger partial charge < -0.3 is 15.4 Å². The first-order valence-electron chi connectivity index (χ1n) is 10.4. The van der Waals surface area contributed by atoms with Gasteiger partial charge in [-0.25, -0.2) is 0 Å². The molecule has 0 atom stereocenters. The molecule has 2 amide bonds. The van der Waals surface area contributed by atoms with Gasteiger partial charge in [-0.1, -0.05) is 30.3 Å². The highest BCUT2D eigenvalue weighted by molar-refractivity contribution is 6.02. The molecule has 0 bridgehead atoms. The van der Waals surface area contributed by atoms with Crippen LogP contribution in [0.3, 0.4) is 0 Å². The molecule has 0 unspecified atom stereocenters. The maximum atomic E-state index is 13.0. The van der Waals surface area contributed by atoms with Crippen LogP contribution in [0.1, 0.15) is 15.9 Å². The fraction of sp³-hybridized carbons (Fsp3) is 0.120. The first-order valence-corrected chi connectivity index (χ1v) is 10.4. The van der Waals surface area contributed by atoms with Crippen molar-refractivity contribution >= 4 is 17.5 Å². The minimum atomic E-state index is -0.388. The third kappa shape index (κ3) is 5.62. The van der Waals surface area contributed by atoms with Crippen LogP contribution in [0, 0.1) is 0 Å². The van der Waals surface area contributed by atoms with Gasteiger partial charge in [-0.3, -0.25) is 19.3 Å². The average Bonchev–Trinajstić information content (AvgIpc) is 3.27. The molecule has 33 heavy (non-hydrogen) atoms. The number of rotatable bonds is 8. The minimum Gasteiger partial charge on any atom is -0.497 e. The molecule has 0 aliphatic carbocycles. The molecule has 2 heterocycles. The minimum absolute atomic E-state index is 0.181. The highest BCUT2D eigenvalue weighted by atomic mass is 16.5. The number of nitrogens with zero attached hydrogens (tertiary/aromatic N) is 3. The van der Waals surface area contributed by atoms with E-state index in [0.717, 1.165) is 11.1 Å². The van der Waals surface area contributed by atoms with E-state index in [1.54, 1.807) is 36.3 Å². The fourth-order valence-corrected chi connectivity index (χ4v) is 3.30. The molecule has 0 radical (unpaired) electrons. The third-order valence-electron chi connectivity index (χ3n) is 4.91. The Morgan fingerprint density at radius 2 is 1.79 bits per heavy atom. The van der Waals surface area contributed by atoms with Crippen molar-refractivity contribution in [3.63, 3.8) is 0 Å². The van der Waals surface area contributed by atoms with Gasteiger partial charge in [0.25, 0.3) is 5.91 Å². The highest BCUT2D eigenvalue weighted by Gasteiger charge is 2.19. The second-order valence-corrected chi connectivity index (χ2v) is 7.28. The molecule has 0 aliphatic heterocycles. The van der Waals surface area contributed by atoms with E-state index < -0.39 is 0 Å². The Balaban J connectivity index is 1.53. The number of ether oxygens (including phenoxy) is 1. The zero-order valence-electron chi connectivity index (χ0n) is 18.1. The summed E-state index contributed by atoms with van der Waals surface area (Å²) in [5, 5.41) is 10.0. The maximum Gasteiger partial charge on any atom is 0.255 e. The van der Waals surface area contributed by atoms with E-state index in [-0.39, 0.29) is 18.4 Å². The van der Waals surface area contributed by atoms with Gasteiger partial charge in [-0.05, 0) is 42.0 Å². The molecular formula is C25H23N5O3. The zero-order valence-corrected chi connectivity index (χ0v) is 18.1. The van der Waals surface area contributed by atoms with E-state index in [1.807, 2.05) is 54.6 Å². The Kier molecular flexibility index (Phi) is 6.75. The van der Waals surface area contributed by atoms with Gasteiger partial charge in [0.1, 0.15) is 11.4 Å². The fourth-order valence-electron chi connectivity index (χ4n) is 3.30. The number of benzene rings is 2. The number of anilines is 1. The molecule has 0 spiro atoms. The molecule has 166 valence electrons. The molecule has 8 nitrogen and oxygen atoms in total. The largest absolute Gasteiger partial charge is 0.497 e. The normalized spacial score (nSPS) is 10.5. The van der Waals surface area contributed by atoms with E-state index in [2.05, 4.69) is 20.7 Å². The number of methoxy groups -OCH3 is 1. The van der Waals surface area contributed by atoms with Crippen molar-refractivity contribution in [3.8, 4) is 17.0 Å². The summed E-state index contributed by atoms with van der Waals surface area (Å²) in [5.74, 6) is -0.0268. The summed E-state index contributed by atoms with van der Waals surface area (Å²) in [7, 11) is 1.60. The Bertz CT molecular complexity index is 1220.